The molecule has 0 atom stereocenters. The molecule has 2 nitrogen and oxygen atoms in total. The van der Waals surface area contributed by atoms with Gasteiger partial charge in [-0.3, -0.25) is 4.90 Å². The molecular formula is C17H26BrNO. The number of rotatable bonds is 5. The Morgan fingerprint density at radius 1 is 1.15 bits per heavy atom. The minimum absolute atomic E-state index is 0.462. The summed E-state index contributed by atoms with van der Waals surface area (Å²) in [6.45, 7) is 10.9. The highest BCUT2D eigenvalue weighted by Gasteiger charge is 2.20. The molecule has 1 heterocycles. The Hall–Kier alpha value is -0.380. The summed E-state index contributed by atoms with van der Waals surface area (Å²) < 4.78 is 5.82. The molecule has 0 aliphatic carbocycles. The standard InChI is InChI=1S/C17H26BrNO/c1-13-10-14(2)17(15(3)11-13)12-19-7-4-16(5-8-19)20-9-6-18/h10-11,16H,4-9,12H2,1-3H3. The number of hydrogen-bond acceptors (Lipinski definition) is 2. The molecule has 0 bridgehead atoms. The topological polar surface area (TPSA) is 12.5 Å². The lowest BCUT2D eigenvalue weighted by Crippen LogP contribution is -2.37. The van der Waals surface area contributed by atoms with E-state index in [1.54, 1.807) is 0 Å². The quantitative estimate of drug-likeness (QED) is 0.752. The van der Waals surface area contributed by atoms with E-state index in [4.69, 9.17) is 4.74 Å². The highest BCUT2D eigenvalue weighted by atomic mass is 79.9. The first-order valence-corrected chi connectivity index (χ1v) is 8.69. The molecule has 1 aliphatic rings. The van der Waals surface area contributed by atoms with Gasteiger partial charge in [-0.2, -0.15) is 0 Å². The zero-order chi connectivity index (χ0) is 14.5. The summed E-state index contributed by atoms with van der Waals surface area (Å²) in [6.07, 6.45) is 2.79. The Morgan fingerprint density at radius 3 is 2.30 bits per heavy atom. The number of benzene rings is 1. The Balaban J connectivity index is 1.90. The van der Waals surface area contributed by atoms with Crippen LogP contribution in [0.4, 0.5) is 0 Å². The fourth-order valence-corrected chi connectivity index (χ4v) is 3.32. The molecule has 1 fully saturated rings. The summed E-state index contributed by atoms with van der Waals surface area (Å²) in [5.74, 6) is 0. The molecule has 112 valence electrons. The molecule has 1 saturated heterocycles. The van der Waals surface area contributed by atoms with Crippen molar-refractivity contribution in [2.45, 2.75) is 46.3 Å². The minimum Gasteiger partial charge on any atom is -0.377 e. The predicted octanol–water partition coefficient (Wildman–Crippen LogP) is 3.99. The third-order valence-electron chi connectivity index (χ3n) is 4.19. The third kappa shape index (κ3) is 4.31. The average molecular weight is 340 g/mol. The van der Waals surface area contributed by atoms with Gasteiger partial charge in [-0.25, -0.2) is 0 Å². The van der Waals surface area contributed by atoms with E-state index < -0.39 is 0 Å². The molecule has 0 spiro atoms. The molecule has 1 aromatic carbocycles. The number of ether oxygens (including phenoxy) is 1. The molecule has 1 aromatic rings. The third-order valence-corrected chi connectivity index (χ3v) is 4.51. The second-order valence-electron chi connectivity index (χ2n) is 5.91. The van der Waals surface area contributed by atoms with Crippen LogP contribution in [0, 0.1) is 20.8 Å². The lowest BCUT2D eigenvalue weighted by Gasteiger charge is -2.32. The van der Waals surface area contributed by atoms with Crippen molar-refractivity contribution in [3.8, 4) is 0 Å². The summed E-state index contributed by atoms with van der Waals surface area (Å²) in [6, 6.07) is 4.60. The van der Waals surface area contributed by atoms with E-state index in [0.29, 0.717) is 6.10 Å². The number of piperidine rings is 1. The van der Waals surface area contributed by atoms with Gasteiger partial charge in [0.2, 0.25) is 0 Å². The van der Waals surface area contributed by atoms with Crippen LogP contribution in [0.25, 0.3) is 0 Å². The number of likely N-dealkylation sites (tertiary alicyclic amines) is 1. The van der Waals surface area contributed by atoms with Gasteiger partial charge in [0.1, 0.15) is 0 Å². The van der Waals surface area contributed by atoms with Crippen molar-refractivity contribution in [2.24, 2.45) is 0 Å². The van der Waals surface area contributed by atoms with Crippen LogP contribution in [0.15, 0.2) is 12.1 Å². The van der Waals surface area contributed by atoms with Crippen LogP contribution in [0.3, 0.4) is 0 Å². The fraction of sp³-hybridized carbons (Fsp3) is 0.647. The molecule has 0 amide bonds. The van der Waals surface area contributed by atoms with E-state index in [-0.39, 0.29) is 0 Å². The number of halogens is 1. The Morgan fingerprint density at radius 2 is 1.75 bits per heavy atom. The van der Waals surface area contributed by atoms with Gasteiger partial charge in [0.05, 0.1) is 12.7 Å². The van der Waals surface area contributed by atoms with Crippen LogP contribution >= 0.6 is 15.9 Å². The van der Waals surface area contributed by atoms with Crippen LogP contribution in [-0.4, -0.2) is 36.0 Å². The van der Waals surface area contributed by atoms with Crippen molar-refractivity contribution in [3.05, 3.63) is 34.4 Å². The number of hydrogen-bond donors (Lipinski definition) is 0. The molecule has 0 saturated carbocycles. The summed E-state index contributed by atoms with van der Waals surface area (Å²) in [5.41, 5.74) is 5.74. The smallest absolute Gasteiger partial charge is 0.0599 e. The van der Waals surface area contributed by atoms with Gasteiger partial charge < -0.3 is 4.74 Å². The highest BCUT2D eigenvalue weighted by molar-refractivity contribution is 9.09. The van der Waals surface area contributed by atoms with Gasteiger partial charge in [-0.05, 0) is 50.3 Å². The van der Waals surface area contributed by atoms with Crippen molar-refractivity contribution in [3.63, 3.8) is 0 Å². The second kappa shape index (κ2) is 7.58. The van der Waals surface area contributed by atoms with E-state index in [2.05, 4.69) is 53.7 Å². The van der Waals surface area contributed by atoms with Gasteiger partial charge in [-0.15, -0.1) is 0 Å². The number of nitrogens with zero attached hydrogens (tertiary/aromatic N) is 1. The van der Waals surface area contributed by atoms with Crippen LogP contribution in [0.2, 0.25) is 0 Å². The second-order valence-corrected chi connectivity index (χ2v) is 6.71. The summed E-state index contributed by atoms with van der Waals surface area (Å²) in [4.78, 5) is 2.57. The molecule has 0 unspecified atom stereocenters. The normalized spacial score (nSPS) is 17.6. The zero-order valence-electron chi connectivity index (χ0n) is 12.9. The largest absolute Gasteiger partial charge is 0.377 e. The van der Waals surface area contributed by atoms with Gasteiger partial charge in [0.15, 0.2) is 0 Å². The van der Waals surface area contributed by atoms with Gasteiger partial charge in [0.25, 0.3) is 0 Å². The molecule has 0 N–H and O–H groups in total. The van der Waals surface area contributed by atoms with Crippen LogP contribution in [-0.2, 0) is 11.3 Å². The van der Waals surface area contributed by atoms with E-state index in [0.717, 1.165) is 44.4 Å². The number of aryl methyl sites for hydroxylation is 3. The Kier molecular flexibility index (Phi) is 6.06. The molecule has 2 rings (SSSR count). The Labute approximate surface area is 131 Å². The van der Waals surface area contributed by atoms with Gasteiger partial charge in [-0.1, -0.05) is 33.6 Å². The highest BCUT2D eigenvalue weighted by Crippen LogP contribution is 2.21. The Bertz CT molecular complexity index is 416. The van der Waals surface area contributed by atoms with Crippen molar-refractivity contribution in [1.29, 1.82) is 0 Å². The first kappa shape index (κ1) is 16.0. The van der Waals surface area contributed by atoms with Gasteiger partial charge >= 0.3 is 0 Å². The fourth-order valence-electron chi connectivity index (χ4n) is 3.13. The van der Waals surface area contributed by atoms with Crippen molar-refractivity contribution < 1.29 is 4.74 Å². The monoisotopic (exact) mass is 339 g/mol. The average Bonchev–Trinajstić information content (AvgIpc) is 2.42. The first-order chi connectivity index (χ1) is 9.60. The maximum atomic E-state index is 5.82. The summed E-state index contributed by atoms with van der Waals surface area (Å²) >= 11 is 3.42. The minimum atomic E-state index is 0.462. The summed E-state index contributed by atoms with van der Waals surface area (Å²) in [5, 5.41) is 0.939. The van der Waals surface area contributed by atoms with E-state index in [9.17, 15) is 0 Å². The lowest BCUT2D eigenvalue weighted by molar-refractivity contribution is 0.0141. The van der Waals surface area contributed by atoms with Crippen LogP contribution < -0.4 is 0 Å². The maximum absolute atomic E-state index is 5.82. The molecule has 0 radical (unpaired) electrons. The van der Waals surface area contributed by atoms with Crippen molar-refractivity contribution >= 4 is 15.9 Å². The van der Waals surface area contributed by atoms with E-state index in [1.807, 2.05) is 0 Å². The van der Waals surface area contributed by atoms with E-state index in [1.165, 1.54) is 22.3 Å². The molecule has 1 aliphatic heterocycles. The first-order valence-electron chi connectivity index (χ1n) is 7.57. The predicted molar refractivity (Wildman–Crippen MR) is 88.7 cm³/mol. The van der Waals surface area contributed by atoms with Crippen molar-refractivity contribution in [2.75, 3.05) is 25.0 Å². The zero-order valence-corrected chi connectivity index (χ0v) is 14.5. The van der Waals surface area contributed by atoms with Crippen LogP contribution in [0.5, 0.6) is 0 Å². The number of alkyl halides is 1. The van der Waals surface area contributed by atoms with Crippen molar-refractivity contribution in [1.82, 2.24) is 4.90 Å². The summed E-state index contributed by atoms with van der Waals surface area (Å²) in [7, 11) is 0. The van der Waals surface area contributed by atoms with Gasteiger partial charge in [0, 0.05) is 25.0 Å². The lowest BCUT2D eigenvalue weighted by atomic mass is 9.98. The van der Waals surface area contributed by atoms with E-state index >= 15 is 0 Å². The molecule has 3 heteroatoms. The van der Waals surface area contributed by atoms with Crippen LogP contribution in [0.1, 0.15) is 35.1 Å². The SMILES string of the molecule is Cc1cc(C)c(CN2CCC(OCCBr)CC2)c(C)c1. The molecule has 0 aromatic heterocycles. The molecular weight excluding hydrogens is 314 g/mol. The molecule has 20 heavy (non-hydrogen) atoms. The maximum Gasteiger partial charge on any atom is 0.0599 e.